The Hall–Kier alpha value is -1.95. The van der Waals surface area contributed by atoms with Gasteiger partial charge in [-0.3, -0.25) is 14.6 Å². The third kappa shape index (κ3) is 4.00. The molecule has 1 atom stereocenters. The van der Waals surface area contributed by atoms with Crippen LogP contribution in [0.1, 0.15) is 38.2 Å². The second-order valence-electron chi connectivity index (χ2n) is 7.31. The van der Waals surface area contributed by atoms with Gasteiger partial charge in [-0.1, -0.05) is 0 Å². The molecule has 2 aliphatic heterocycles. The molecule has 0 aliphatic carbocycles. The minimum atomic E-state index is -0.384. The monoisotopic (exact) mass is 345 g/mol. The third-order valence-electron chi connectivity index (χ3n) is 5.71. The number of piperidine rings is 2. The van der Waals surface area contributed by atoms with Gasteiger partial charge in [-0.25, -0.2) is 0 Å². The zero-order valence-electron chi connectivity index (χ0n) is 15.1. The average Bonchev–Trinajstić information content (AvgIpc) is 2.65. The van der Waals surface area contributed by atoms with Crippen molar-refractivity contribution in [1.82, 2.24) is 14.8 Å². The lowest BCUT2D eigenvalue weighted by atomic mass is 9.72. The molecule has 1 spiro atoms. The van der Waals surface area contributed by atoms with Crippen molar-refractivity contribution >= 4 is 11.8 Å². The van der Waals surface area contributed by atoms with Crippen molar-refractivity contribution in [1.29, 1.82) is 0 Å². The molecule has 136 valence electrons. The lowest BCUT2D eigenvalue weighted by Gasteiger charge is -2.47. The highest BCUT2D eigenvalue weighted by atomic mass is 16.5. The molecule has 25 heavy (non-hydrogen) atoms. The van der Waals surface area contributed by atoms with Crippen molar-refractivity contribution in [2.75, 3.05) is 26.7 Å². The SMILES string of the molecule is CO[C@@H](C)C(=O)N1CCC2(CCC(=O)N(Cc3ccncc3)C2)CC1. The van der Waals surface area contributed by atoms with Gasteiger partial charge in [0, 0.05) is 52.1 Å². The van der Waals surface area contributed by atoms with Crippen molar-refractivity contribution in [2.45, 2.75) is 45.3 Å². The molecular formula is C19H27N3O3. The summed E-state index contributed by atoms with van der Waals surface area (Å²) in [7, 11) is 1.57. The zero-order valence-corrected chi connectivity index (χ0v) is 15.1. The second kappa shape index (κ2) is 7.52. The summed E-state index contributed by atoms with van der Waals surface area (Å²) in [5.74, 6) is 0.298. The fraction of sp³-hybridized carbons (Fsp3) is 0.632. The normalized spacial score (nSPS) is 21.4. The van der Waals surface area contributed by atoms with Crippen LogP contribution in [0.15, 0.2) is 24.5 Å². The number of aromatic nitrogens is 1. The predicted molar refractivity (Wildman–Crippen MR) is 93.6 cm³/mol. The number of likely N-dealkylation sites (tertiary alicyclic amines) is 2. The molecular weight excluding hydrogens is 318 g/mol. The first kappa shape index (κ1) is 17.9. The molecule has 2 amide bonds. The van der Waals surface area contributed by atoms with Crippen LogP contribution in [0.2, 0.25) is 0 Å². The third-order valence-corrected chi connectivity index (χ3v) is 5.71. The van der Waals surface area contributed by atoms with Crippen LogP contribution in [-0.2, 0) is 20.9 Å². The minimum Gasteiger partial charge on any atom is -0.372 e. The average molecular weight is 345 g/mol. The molecule has 1 aromatic rings. The Morgan fingerprint density at radius 1 is 1.28 bits per heavy atom. The van der Waals surface area contributed by atoms with Crippen LogP contribution < -0.4 is 0 Å². The van der Waals surface area contributed by atoms with Crippen molar-refractivity contribution in [3.8, 4) is 0 Å². The fourth-order valence-corrected chi connectivity index (χ4v) is 3.92. The molecule has 2 aliphatic rings. The van der Waals surface area contributed by atoms with Crippen LogP contribution in [0.3, 0.4) is 0 Å². The highest BCUT2D eigenvalue weighted by Crippen LogP contribution is 2.40. The van der Waals surface area contributed by atoms with Gasteiger partial charge in [0.2, 0.25) is 5.91 Å². The van der Waals surface area contributed by atoms with Crippen LogP contribution in [0.5, 0.6) is 0 Å². The van der Waals surface area contributed by atoms with Crippen LogP contribution in [0.4, 0.5) is 0 Å². The maximum absolute atomic E-state index is 12.4. The number of carbonyl (C=O) groups excluding carboxylic acids is 2. The number of amides is 2. The summed E-state index contributed by atoms with van der Waals surface area (Å²) >= 11 is 0. The number of hydrogen-bond donors (Lipinski definition) is 0. The van der Waals surface area contributed by atoms with E-state index in [1.807, 2.05) is 21.9 Å². The van der Waals surface area contributed by atoms with Gasteiger partial charge >= 0.3 is 0 Å². The Morgan fingerprint density at radius 2 is 1.96 bits per heavy atom. The number of rotatable bonds is 4. The molecule has 0 aromatic carbocycles. The summed E-state index contributed by atoms with van der Waals surface area (Å²) in [4.78, 5) is 32.6. The topological polar surface area (TPSA) is 62.7 Å². The van der Waals surface area contributed by atoms with Crippen LogP contribution in [-0.4, -0.2) is 59.4 Å². The standard InChI is InChI=1S/C19H27N3O3/c1-15(25-2)18(24)21-11-7-19(8-12-21)6-3-17(23)22(14-19)13-16-4-9-20-10-5-16/h4-5,9-10,15H,3,6-8,11-14H2,1-2H3/t15-/m0/s1. The van der Waals surface area contributed by atoms with Crippen LogP contribution >= 0.6 is 0 Å². The number of ether oxygens (including phenoxy) is 1. The first-order chi connectivity index (χ1) is 12.0. The van der Waals surface area contributed by atoms with Gasteiger partial charge in [0.1, 0.15) is 6.10 Å². The lowest BCUT2D eigenvalue weighted by Crippen LogP contribution is -2.53. The molecule has 0 bridgehead atoms. The Labute approximate surface area is 149 Å². The second-order valence-corrected chi connectivity index (χ2v) is 7.31. The first-order valence-electron chi connectivity index (χ1n) is 9.01. The molecule has 2 fully saturated rings. The number of pyridine rings is 1. The Morgan fingerprint density at radius 3 is 2.60 bits per heavy atom. The minimum absolute atomic E-state index is 0.0675. The van der Waals surface area contributed by atoms with Crippen LogP contribution in [0.25, 0.3) is 0 Å². The predicted octanol–water partition coefficient (Wildman–Crippen LogP) is 1.85. The van der Waals surface area contributed by atoms with Gasteiger partial charge in [-0.05, 0) is 49.3 Å². The molecule has 0 radical (unpaired) electrons. The molecule has 2 saturated heterocycles. The number of carbonyl (C=O) groups is 2. The molecule has 1 aromatic heterocycles. The van der Waals surface area contributed by atoms with E-state index in [0.717, 1.165) is 44.5 Å². The van der Waals surface area contributed by atoms with Gasteiger partial charge < -0.3 is 14.5 Å². The number of nitrogens with zero attached hydrogens (tertiary/aromatic N) is 3. The molecule has 0 unspecified atom stereocenters. The lowest BCUT2D eigenvalue weighted by molar-refractivity contribution is -0.147. The number of hydrogen-bond acceptors (Lipinski definition) is 4. The Bertz CT molecular complexity index is 612. The maximum Gasteiger partial charge on any atom is 0.251 e. The summed E-state index contributed by atoms with van der Waals surface area (Å²) < 4.78 is 5.15. The quantitative estimate of drug-likeness (QED) is 0.835. The van der Waals surface area contributed by atoms with Gasteiger partial charge in [-0.2, -0.15) is 0 Å². The first-order valence-corrected chi connectivity index (χ1v) is 9.01. The smallest absolute Gasteiger partial charge is 0.251 e. The van der Waals surface area contributed by atoms with Gasteiger partial charge in [0.05, 0.1) is 0 Å². The van der Waals surface area contributed by atoms with E-state index in [2.05, 4.69) is 4.98 Å². The van der Waals surface area contributed by atoms with E-state index in [1.54, 1.807) is 26.4 Å². The number of methoxy groups -OCH3 is 1. The summed E-state index contributed by atoms with van der Waals surface area (Å²) in [5.41, 5.74) is 1.26. The van der Waals surface area contributed by atoms with Gasteiger partial charge in [0.25, 0.3) is 5.91 Å². The van der Waals surface area contributed by atoms with Gasteiger partial charge in [0.15, 0.2) is 0 Å². The largest absolute Gasteiger partial charge is 0.372 e. The van der Waals surface area contributed by atoms with Gasteiger partial charge in [-0.15, -0.1) is 0 Å². The molecule has 0 saturated carbocycles. The molecule has 6 heteroatoms. The maximum atomic E-state index is 12.4. The van der Waals surface area contributed by atoms with Crippen molar-refractivity contribution in [2.24, 2.45) is 5.41 Å². The molecule has 3 rings (SSSR count). The van der Waals surface area contributed by atoms with E-state index >= 15 is 0 Å². The summed E-state index contributed by atoms with van der Waals surface area (Å²) in [6.45, 7) is 4.73. The van der Waals surface area contributed by atoms with E-state index in [-0.39, 0.29) is 23.3 Å². The zero-order chi connectivity index (χ0) is 17.9. The molecule has 0 N–H and O–H groups in total. The molecule has 6 nitrogen and oxygen atoms in total. The summed E-state index contributed by atoms with van der Waals surface area (Å²) in [6, 6.07) is 3.92. The Kier molecular flexibility index (Phi) is 5.37. The summed E-state index contributed by atoms with van der Waals surface area (Å²) in [5, 5.41) is 0. The van der Waals surface area contributed by atoms with E-state index < -0.39 is 0 Å². The molecule has 3 heterocycles. The highest BCUT2D eigenvalue weighted by molar-refractivity contribution is 5.80. The van der Waals surface area contributed by atoms with E-state index in [0.29, 0.717) is 13.0 Å². The Balaban J connectivity index is 1.61. The summed E-state index contributed by atoms with van der Waals surface area (Å²) in [6.07, 6.45) is 6.59. The van der Waals surface area contributed by atoms with Crippen molar-refractivity contribution in [3.05, 3.63) is 30.1 Å². The van der Waals surface area contributed by atoms with Crippen LogP contribution in [0, 0.1) is 5.41 Å². The highest BCUT2D eigenvalue weighted by Gasteiger charge is 2.42. The van der Waals surface area contributed by atoms with E-state index in [4.69, 9.17) is 4.74 Å². The van der Waals surface area contributed by atoms with E-state index in [1.165, 1.54) is 0 Å². The van der Waals surface area contributed by atoms with E-state index in [9.17, 15) is 9.59 Å². The fourth-order valence-electron chi connectivity index (χ4n) is 3.92. The van der Waals surface area contributed by atoms with Crippen molar-refractivity contribution in [3.63, 3.8) is 0 Å². The van der Waals surface area contributed by atoms with Crippen molar-refractivity contribution < 1.29 is 14.3 Å².